The molecule has 0 bridgehead atoms. The fourth-order valence-corrected chi connectivity index (χ4v) is 3.52. The number of carbonyl (C=O) groups is 1. The van der Waals surface area contributed by atoms with E-state index in [2.05, 4.69) is 0 Å². The Morgan fingerprint density at radius 1 is 1.24 bits per heavy atom. The van der Waals surface area contributed by atoms with E-state index >= 15 is 0 Å². The third-order valence-corrected chi connectivity index (χ3v) is 4.62. The number of carbonyl (C=O) groups excluding carboxylic acids is 1. The minimum Gasteiger partial charge on any atom is -0.338 e. The molecule has 0 aromatic heterocycles. The van der Waals surface area contributed by atoms with E-state index in [1.54, 1.807) is 4.90 Å². The summed E-state index contributed by atoms with van der Waals surface area (Å²) in [5.41, 5.74) is 5.92. The molecule has 2 aliphatic rings. The van der Waals surface area contributed by atoms with Gasteiger partial charge in [0.15, 0.2) is 11.6 Å². The number of hydrogen-bond donors (Lipinski definition) is 1. The first kappa shape index (κ1) is 16.2. The molecule has 3 atom stereocenters. The topological polar surface area (TPSA) is 46.3 Å². The number of fused-ring (bicyclic) bond motifs is 1. The molecular weight excluding hydrogens is 298 g/mol. The summed E-state index contributed by atoms with van der Waals surface area (Å²) >= 11 is 0. The molecule has 1 amide bonds. The number of benzene rings is 1. The van der Waals surface area contributed by atoms with Crippen LogP contribution in [0, 0.1) is 23.5 Å². The van der Waals surface area contributed by atoms with Crippen LogP contribution in [-0.4, -0.2) is 29.9 Å². The van der Waals surface area contributed by atoms with E-state index in [1.807, 2.05) is 0 Å². The van der Waals surface area contributed by atoms with Crippen LogP contribution in [0.3, 0.4) is 0 Å². The fourth-order valence-electron chi connectivity index (χ4n) is 3.52. The average molecular weight is 317 g/mol. The predicted octanol–water partition coefficient (Wildman–Crippen LogP) is 2.59. The second-order valence-corrected chi connectivity index (χ2v) is 5.83. The third-order valence-electron chi connectivity index (χ3n) is 4.62. The molecule has 1 aliphatic heterocycles. The molecule has 1 saturated heterocycles. The molecule has 3 nitrogen and oxygen atoms in total. The second-order valence-electron chi connectivity index (χ2n) is 5.83. The van der Waals surface area contributed by atoms with Gasteiger partial charge in [0.2, 0.25) is 0 Å². The van der Waals surface area contributed by atoms with Gasteiger partial charge in [0, 0.05) is 19.1 Å². The number of amides is 1. The van der Waals surface area contributed by atoms with Crippen LogP contribution in [-0.2, 0) is 0 Å². The van der Waals surface area contributed by atoms with Gasteiger partial charge in [0.1, 0.15) is 0 Å². The van der Waals surface area contributed by atoms with Crippen molar-refractivity contribution in [1.82, 2.24) is 4.90 Å². The summed E-state index contributed by atoms with van der Waals surface area (Å²) in [5, 5.41) is 0. The van der Waals surface area contributed by atoms with E-state index in [0.717, 1.165) is 25.3 Å². The molecule has 2 N–H and O–H groups in total. The number of halogens is 3. The van der Waals surface area contributed by atoms with Gasteiger partial charge in [-0.15, -0.1) is 12.4 Å². The normalized spacial score (nSPS) is 28.0. The Labute approximate surface area is 128 Å². The molecule has 3 rings (SSSR count). The molecular formula is C15H19ClF2N2O. The Hall–Kier alpha value is -1.20. The Kier molecular flexibility index (Phi) is 4.84. The Balaban J connectivity index is 0.00000161. The first-order valence-corrected chi connectivity index (χ1v) is 7.07. The van der Waals surface area contributed by atoms with Gasteiger partial charge in [0.25, 0.3) is 5.91 Å². The largest absolute Gasteiger partial charge is 0.338 e. The molecule has 1 aromatic rings. The fraction of sp³-hybridized carbons (Fsp3) is 0.533. The smallest absolute Gasteiger partial charge is 0.256 e. The summed E-state index contributed by atoms with van der Waals surface area (Å²) < 4.78 is 26.9. The Morgan fingerprint density at radius 3 is 2.71 bits per heavy atom. The Morgan fingerprint density at radius 2 is 2.00 bits per heavy atom. The van der Waals surface area contributed by atoms with E-state index in [-0.39, 0.29) is 24.0 Å². The van der Waals surface area contributed by atoms with Crippen molar-refractivity contribution < 1.29 is 13.6 Å². The maximum absolute atomic E-state index is 13.7. The molecule has 116 valence electrons. The van der Waals surface area contributed by atoms with Crippen LogP contribution in [0.4, 0.5) is 8.78 Å². The van der Waals surface area contributed by atoms with Gasteiger partial charge in [-0.2, -0.15) is 0 Å². The summed E-state index contributed by atoms with van der Waals surface area (Å²) in [6, 6.07) is 3.83. The van der Waals surface area contributed by atoms with Gasteiger partial charge < -0.3 is 10.6 Å². The minimum atomic E-state index is -1.06. The van der Waals surface area contributed by atoms with Gasteiger partial charge in [-0.3, -0.25) is 4.79 Å². The monoisotopic (exact) mass is 316 g/mol. The van der Waals surface area contributed by atoms with Crippen LogP contribution >= 0.6 is 12.4 Å². The zero-order chi connectivity index (χ0) is 14.3. The van der Waals surface area contributed by atoms with E-state index in [4.69, 9.17) is 5.73 Å². The van der Waals surface area contributed by atoms with Gasteiger partial charge in [-0.25, -0.2) is 8.78 Å². The molecule has 21 heavy (non-hydrogen) atoms. The van der Waals surface area contributed by atoms with Crippen molar-refractivity contribution in [3.05, 3.63) is 35.4 Å². The van der Waals surface area contributed by atoms with Crippen molar-refractivity contribution in [1.29, 1.82) is 0 Å². The van der Waals surface area contributed by atoms with Crippen LogP contribution in [0.2, 0.25) is 0 Å². The Bertz CT molecular complexity index is 540. The van der Waals surface area contributed by atoms with Crippen LogP contribution in [0.1, 0.15) is 29.6 Å². The summed E-state index contributed by atoms with van der Waals surface area (Å²) in [4.78, 5) is 14.0. The number of nitrogens with two attached hydrogens (primary N) is 1. The van der Waals surface area contributed by atoms with Crippen molar-refractivity contribution in [3.63, 3.8) is 0 Å². The van der Waals surface area contributed by atoms with Crippen LogP contribution in [0.5, 0.6) is 0 Å². The number of nitrogens with zero attached hydrogens (tertiary/aromatic N) is 1. The molecule has 1 aromatic carbocycles. The van der Waals surface area contributed by atoms with Gasteiger partial charge in [-0.05, 0) is 36.8 Å². The van der Waals surface area contributed by atoms with Crippen LogP contribution < -0.4 is 5.73 Å². The lowest BCUT2D eigenvalue weighted by Gasteiger charge is -2.29. The van der Waals surface area contributed by atoms with E-state index in [1.165, 1.54) is 12.1 Å². The summed E-state index contributed by atoms with van der Waals surface area (Å²) in [6.45, 7) is 1.16. The summed E-state index contributed by atoms with van der Waals surface area (Å²) in [5.74, 6) is -1.77. The van der Waals surface area contributed by atoms with Crippen LogP contribution in [0.25, 0.3) is 0 Å². The van der Waals surface area contributed by atoms with Crippen molar-refractivity contribution in [2.24, 2.45) is 17.6 Å². The second kappa shape index (κ2) is 6.28. The lowest BCUT2D eigenvalue weighted by atomic mass is 9.78. The maximum Gasteiger partial charge on any atom is 0.256 e. The summed E-state index contributed by atoms with van der Waals surface area (Å²) in [7, 11) is 0. The molecule has 1 saturated carbocycles. The van der Waals surface area contributed by atoms with E-state index in [0.29, 0.717) is 24.9 Å². The third kappa shape index (κ3) is 2.90. The standard InChI is InChI=1S/C15H18F2N2O.ClH/c16-12-5-2-4-10(14(12)17)15(20)19-7-9-3-1-6-13(18)11(9)8-19;/h2,4-5,9,11,13H,1,3,6-8,18H2;1H. The highest BCUT2D eigenvalue weighted by Gasteiger charge is 2.40. The average Bonchev–Trinajstić information content (AvgIpc) is 2.87. The van der Waals surface area contributed by atoms with Gasteiger partial charge >= 0.3 is 0 Å². The molecule has 1 heterocycles. The van der Waals surface area contributed by atoms with Crippen molar-refractivity contribution in [3.8, 4) is 0 Å². The highest BCUT2D eigenvalue weighted by molar-refractivity contribution is 5.94. The summed E-state index contributed by atoms with van der Waals surface area (Å²) in [6.07, 6.45) is 3.13. The molecule has 2 fully saturated rings. The molecule has 6 heteroatoms. The highest BCUT2D eigenvalue weighted by Crippen LogP contribution is 2.36. The van der Waals surface area contributed by atoms with Crippen molar-refractivity contribution in [2.45, 2.75) is 25.3 Å². The zero-order valence-corrected chi connectivity index (χ0v) is 12.4. The number of hydrogen-bond acceptors (Lipinski definition) is 2. The van der Waals surface area contributed by atoms with Crippen LogP contribution in [0.15, 0.2) is 18.2 Å². The molecule has 0 radical (unpaired) electrons. The van der Waals surface area contributed by atoms with Gasteiger partial charge in [0.05, 0.1) is 5.56 Å². The van der Waals surface area contributed by atoms with E-state index < -0.39 is 17.5 Å². The first-order valence-electron chi connectivity index (χ1n) is 7.07. The SMILES string of the molecule is Cl.NC1CCCC2CN(C(=O)c3cccc(F)c3F)CC12. The highest BCUT2D eigenvalue weighted by atomic mass is 35.5. The molecule has 0 spiro atoms. The van der Waals surface area contributed by atoms with Crippen molar-refractivity contribution >= 4 is 18.3 Å². The van der Waals surface area contributed by atoms with E-state index in [9.17, 15) is 13.6 Å². The minimum absolute atomic E-state index is 0. The number of rotatable bonds is 1. The number of likely N-dealkylation sites (tertiary alicyclic amines) is 1. The van der Waals surface area contributed by atoms with Crippen molar-refractivity contribution in [2.75, 3.05) is 13.1 Å². The lowest BCUT2D eigenvalue weighted by Crippen LogP contribution is -2.38. The zero-order valence-electron chi connectivity index (χ0n) is 11.6. The van der Waals surface area contributed by atoms with Gasteiger partial charge in [-0.1, -0.05) is 12.5 Å². The molecule has 1 aliphatic carbocycles. The molecule has 3 unspecified atom stereocenters. The predicted molar refractivity (Wildman–Crippen MR) is 78.3 cm³/mol. The quantitative estimate of drug-likeness (QED) is 0.865. The maximum atomic E-state index is 13.7. The lowest BCUT2D eigenvalue weighted by molar-refractivity contribution is 0.0777. The first-order chi connectivity index (χ1) is 9.58.